The zero-order chi connectivity index (χ0) is 21.9. The minimum absolute atomic E-state index is 0.0648. The van der Waals surface area contributed by atoms with Gasteiger partial charge in [0.25, 0.3) is 0 Å². The highest BCUT2D eigenvalue weighted by Gasteiger charge is 2.48. The Morgan fingerprint density at radius 3 is 1.93 bits per heavy atom. The van der Waals surface area contributed by atoms with Gasteiger partial charge in [-0.3, -0.25) is 9.79 Å². The van der Waals surface area contributed by atoms with Crippen LogP contribution < -0.4 is 5.32 Å². The predicted molar refractivity (Wildman–Crippen MR) is 106 cm³/mol. The number of hydrogen-bond donors (Lipinski definition) is 1. The molecule has 0 aromatic heterocycles. The first-order valence-corrected chi connectivity index (χ1v) is 9.80. The van der Waals surface area contributed by atoms with E-state index in [1.807, 2.05) is 4.90 Å². The first-order chi connectivity index (χ1) is 12.3. The third-order valence-electron chi connectivity index (χ3n) is 5.15. The van der Waals surface area contributed by atoms with Crippen molar-refractivity contribution in [3.8, 4) is 0 Å². The fraction of sp³-hybridized carbons (Fsp3) is 0.810. The monoisotopic (exact) mass is 401 g/mol. The second kappa shape index (κ2) is 6.77. The van der Waals surface area contributed by atoms with Crippen LogP contribution in [0, 0.1) is 16.2 Å². The Morgan fingerprint density at radius 1 is 1.00 bits per heavy atom. The molecule has 1 saturated heterocycles. The molecule has 2 aliphatic heterocycles. The van der Waals surface area contributed by atoms with Gasteiger partial charge in [-0.1, -0.05) is 62.3 Å². The molecule has 2 unspecified atom stereocenters. The first-order valence-electron chi connectivity index (χ1n) is 9.80. The van der Waals surface area contributed by atoms with Gasteiger partial charge in [0.15, 0.2) is 0 Å². The van der Waals surface area contributed by atoms with Gasteiger partial charge in [-0.05, 0) is 16.4 Å². The van der Waals surface area contributed by atoms with Gasteiger partial charge in [0.2, 0.25) is 0 Å². The summed E-state index contributed by atoms with van der Waals surface area (Å²) in [6.07, 6.45) is -4.49. The van der Waals surface area contributed by atoms with E-state index >= 15 is 0 Å². The summed E-state index contributed by atoms with van der Waals surface area (Å²) >= 11 is 0. The topological polar surface area (TPSA) is 44.7 Å². The molecule has 1 N–H and O–H groups in total. The minimum atomic E-state index is -4.88. The van der Waals surface area contributed by atoms with Gasteiger partial charge in [-0.2, -0.15) is 13.2 Å². The van der Waals surface area contributed by atoms with Gasteiger partial charge in [0.05, 0.1) is 12.1 Å². The Balaban J connectivity index is 2.55. The molecule has 2 atom stereocenters. The molecular weight excluding hydrogens is 367 g/mol. The summed E-state index contributed by atoms with van der Waals surface area (Å²) in [6, 6.07) is -0.655. The number of amidine groups is 1. The predicted octanol–water partition coefficient (Wildman–Crippen LogP) is 4.91. The molecule has 0 bridgehead atoms. The maximum absolute atomic E-state index is 12.8. The van der Waals surface area contributed by atoms with Gasteiger partial charge in [-0.25, -0.2) is 0 Å². The van der Waals surface area contributed by atoms with Crippen LogP contribution in [0.2, 0.25) is 0 Å². The molecule has 2 aliphatic rings. The number of rotatable bonds is 1. The highest BCUT2D eigenvalue weighted by Crippen LogP contribution is 2.47. The van der Waals surface area contributed by atoms with E-state index < -0.39 is 18.1 Å². The van der Waals surface area contributed by atoms with Crippen LogP contribution in [0.4, 0.5) is 13.2 Å². The Kier molecular flexibility index (Phi) is 5.50. The van der Waals surface area contributed by atoms with Crippen molar-refractivity contribution in [3.63, 3.8) is 0 Å². The normalized spacial score (nSPS) is 24.3. The number of fused-ring (bicyclic) bond motifs is 1. The zero-order valence-electron chi connectivity index (χ0n) is 18.5. The molecule has 2 rings (SSSR count). The molecular formula is C21H34F3N3O. The molecule has 1 amide bonds. The summed E-state index contributed by atoms with van der Waals surface area (Å²) in [5.74, 6) is -1.00. The Labute approximate surface area is 166 Å². The lowest BCUT2D eigenvalue weighted by atomic mass is 9.70. The van der Waals surface area contributed by atoms with Gasteiger partial charge in [0.1, 0.15) is 5.84 Å². The van der Waals surface area contributed by atoms with E-state index in [0.717, 1.165) is 17.1 Å². The van der Waals surface area contributed by atoms with Gasteiger partial charge >= 0.3 is 12.1 Å². The molecule has 0 aromatic rings. The van der Waals surface area contributed by atoms with E-state index in [0.29, 0.717) is 13.0 Å². The summed E-state index contributed by atoms with van der Waals surface area (Å²) < 4.78 is 38.3. The summed E-state index contributed by atoms with van der Waals surface area (Å²) in [5, 5.41) is 2.18. The van der Waals surface area contributed by atoms with Crippen LogP contribution in [-0.2, 0) is 4.79 Å². The van der Waals surface area contributed by atoms with Gasteiger partial charge in [-0.15, -0.1) is 0 Å². The number of halogens is 3. The van der Waals surface area contributed by atoms with Crippen LogP contribution in [0.5, 0.6) is 0 Å². The van der Waals surface area contributed by atoms with Crippen molar-refractivity contribution >= 4 is 11.7 Å². The SMILES string of the molecule is CC(C)(C)C1=NC(C(C)(C)C)C(C(C)(C)C)=C2CC(NC(=O)C(F)(F)F)CN12. The Bertz CT molecular complexity index is 700. The van der Waals surface area contributed by atoms with E-state index in [9.17, 15) is 18.0 Å². The van der Waals surface area contributed by atoms with Crippen LogP contribution in [0.1, 0.15) is 68.7 Å². The third-order valence-corrected chi connectivity index (χ3v) is 5.15. The highest BCUT2D eigenvalue weighted by atomic mass is 19.4. The molecule has 1 fully saturated rings. The fourth-order valence-electron chi connectivity index (χ4n) is 4.05. The van der Waals surface area contributed by atoms with Gasteiger partial charge < -0.3 is 10.2 Å². The summed E-state index contributed by atoms with van der Waals surface area (Å²) in [7, 11) is 0. The minimum Gasteiger partial charge on any atom is -0.343 e. The summed E-state index contributed by atoms with van der Waals surface area (Å²) in [6.45, 7) is 19.3. The van der Waals surface area contributed by atoms with E-state index in [1.165, 1.54) is 0 Å². The fourth-order valence-corrected chi connectivity index (χ4v) is 4.05. The number of aliphatic imine (C=N–C) groups is 1. The van der Waals surface area contributed by atoms with Crippen molar-refractivity contribution in [1.82, 2.24) is 10.2 Å². The lowest BCUT2D eigenvalue weighted by Gasteiger charge is -2.45. The smallest absolute Gasteiger partial charge is 0.343 e. The lowest BCUT2D eigenvalue weighted by molar-refractivity contribution is -0.174. The number of nitrogens with zero attached hydrogens (tertiary/aromatic N) is 2. The zero-order valence-corrected chi connectivity index (χ0v) is 18.5. The number of carbonyl (C=O) groups excluding carboxylic acids is 1. The van der Waals surface area contributed by atoms with Crippen molar-refractivity contribution in [2.24, 2.45) is 21.2 Å². The molecule has 0 radical (unpaired) electrons. The maximum Gasteiger partial charge on any atom is 0.471 e. The summed E-state index contributed by atoms with van der Waals surface area (Å²) in [5.41, 5.74) is 1.57. The van der Waals surface area contributed by atoms with E-state index in [2.05, 4.69) is 67.6 Å². The standard InChI is InChI=1S/C21H34F3N3O/c1-18(2,3)14-13-10-12(25-17(28)21(22,23)24)11-27(13)16(20(7,8)9)26-15(14)19(4,5)6/h12,15H,10-11H2,1-9H3,(H,25,28). The molecule has 28 heavy (non-hydrogen) atoms. The highest BCUT2D eigenvalue weighted by molar-refractivity contribution is 5.91. The average molecular weight is 402 g/mol. The lowest BCUT2D eigenvalue weighted by Crippen LogP contribution is -2.48. The van der Waals surface area contributed by atoms with Crippen molar-refractivity contribution in [3.05, 3.63) is 11.3 Å². The number of hydrogen-bond acceptors (Lipinski definition) is 3. The van der Waals surface area contributed by atoms with Crippen LogP contribution in [0.15, 0.2) is 16.3 Å². The molecule has 4 nitrogen and oxygen atoms in total. The number of alkyl halides is 3. The number of nitrogens with one attached hydrogen (secondary N) is 1. The van der Waals surface area contributed by atoms with E-state index in [4.69, 9.17) is 4.99 Å². The van der Waals surface area contributed by atoms with Crippen molar-refractivity contribution in [2.45, 2.75) is 87.0 Å². The van der Waals surface area contributed by atoms with Crippen molar-refractivity contribution in [2.75, 3.05) is 6.54 Å². The second-order valence-electron chi connectivity index (χ2n) is 11.1. The molecule has 160 valence electrons. The molecule has 7 heteroatoms. The molecule has 0 aromatic carbocycles. The first kappa shape index (κ1) is 22.8. The third kappa shape index (κ3) is 4.54. The second-order valence-corrected chi connectivity index (χ2v) is 11.1. The Morgan fingerprint density at radius 2 is 1.54 bits per heavy atom. The quantitative estimate of drug-likeness (QED) is 0.678. The molecule has 0 spiro atoms. The molecule has 2 heterocycles. The molecule has 0 saturated carbocycles. The average Bonchev–Trinajstić information content (AvgIpc) is 2.83. The Hall–Kier alpha value is -1.53. The van der Waals surface area contributed by atoms with E-state index in [-0.39, 0.29) is 22.3 Å². The van der Waals surface area contributed by atoms with Crippen molar-refractivity contribution < 1.29 is 18.0 Å². The largest absolute Gasteiger partial charge is 0.471 e. The van der Waals surface area contributed by atoms with Crippen LogP contribution in [-0.4, -0.2) is 41.4 Å². The van der Waals surface area contributed by atoms with Gasteiger partial charge in [0, 0.05) is 24.1 Å². The van der Waals surface area contributed by atoms with Crippen molar-refractivity contribution in [1.29, 1.82) is 0 Å². The van der Waals surface area contributed by atoms with Crippen LogP contribution in [0.25, 0.3) is 0 Å². The van der Waals surface area contributed by atoms with Crippen LogP contribution >= 0.6 is 0 Å². The molecule has 0 aliphatic carbocycles. The number of amides is 1. The summed E-state index contributed by atoms with van der Waals surface area (Å²) in [4.78, 5) is 18.7. The maximum atomic E-state index is 12.8. The van der Waals surface area contributed by atoms with E-state index in [1.54, 1.807) is 0 Å². The van der Waals surface area contributed by atoms with Crippen LogP contribution in [0.3, 0.4) is 0 Å². The number of carbonyl (C=O) groups is 1.